The van der Waals surface area contributed by atoms with Crippen LogP contribution in [0.15, 0.2) is 84.4 Å². The summed E-state index contributed by atoms with van der Waals surface area (Å²) in [6.45, 7) is 0. The summed E-state index contributed by atoms with van der Waals surface area (Å²) in [7, 11) is 1.63. The minimum absolute atomic E-state index is 0.00322. The van der Waals surface area contributed by atoms with Crippen LogP contribution in [0.25, 0.3) is 6.08 Å². The van der Waals surface area contributed by atoms with E-state index < -0.39 is 6.10 Å². The van der Waals surface area contributed by atoms with E-state index in [1.807, 2.05) is 78.9 Å². The number of rotatable bonds is 3. The molecule has 128 valence electrons. The van der Waals surface area contributed by atoms with Crippen molar-refractivity contribution in [2.45, 2.75) is 6.10 Å². The lowest BCUT2D eigenvalue weighted by Gasteiger charge is -2.28. The van der Waals surface area contributed by atoms with E-state index >= 15 is 0 Å². The zero-order valence-corrected chi connectivity index (χ0v) is 14.4. The number of carbonyl (C=O) groups excluding carboxylic acids is 1. The number of hydrogen-bond acceptors (Lipinski definition) is 3. The fourth-order valence-corrected chi connectivity index (χ4v) is 3.12. The predicted molar refractivity (Wildman–Crippen MR) is 102 cm³/mol. The Morgan fingerprint density at radius 1 is 0.885 bits per heavy atom. The lowest BCUT2D eigenvalue weighted by atomic mass is 9.89. The van der Waals surface area contributed by atoms with Crippen molar-refractivity contribution < 1.29 is 14.3 Å². The molecule has 0 fully saturated rings. The fourth-order valence-electron chi connectivity index (χ4n) is 3.12. The molecule has 0 bridgehead atoms. The van der Waals surface area contributed by atoms with Crippen molar-refractivity contribution in [1.82, 2.24) is 0 Å². The third-order valence-corrected chi connectivity index (χ3v) is 4.46. The van der Waals surface area contributed by atoms with Gasteiger partial charge in [0.1, 0.15) is 11.5 Å². The summed E-state index contributed by atoms with van der Waals surface area (Å²) in [5.41, 5.74) is 3.10. The Balaban J connectivity index is 1.82. The molecule has 3 aromatic carbocycles. The predicted octanol–water partition coefficient (Wildman–Crippen LogP) is 5.10. The van der Waals surface area contributed by atoms with E-state index in [-0.39, 0.29) is 5.78 Å². The van der Waals surface area contributed by atoms with E-state index in [0.29, 0.717) is 16.9 Å². The number of fused-ring (bicyclic) bond motifs is 1. The van der Waals surface area contributed by atoms with E-state index in [4.69, 9.17) is 9.47 Å². The molecule has 3 aromatic rings. The van der Waals surface area contributed by atoms with Gasteiger partial charge < -0.3 is 9.47 Å². The third kappa shape index (κ3) is 3.00. The number of Topliss-reactive ketones (excluding diaryl/α,β-unsaturated/α-hetero) is 1. The first kappa shape index (κ1) is 16.2. The highest BCUT2D eigenvalue weighted by Crippen LogP contribution is 2.39. The Morgan fingerprint density at radius 2 is 1.58 bits per heavy atom. The third-order valence-electron chi connectivity index (χ3n) is 4.46. The highest BCUT2D eigenvalue weighted by molar-refractivity contribution is 6.14. The van der Waals surface area contributed by atoms with Crippen LogP contribution >= 0.6 is 0 Å². The zero-order valence-electron chi connectivity index (χ0n) is 14.4. The maximum atomic E-state index is 13.2. The van der Waals surface area contributed by atoms with Gasteiger partial charge in [0.15, 0.2) is 11.9 Å². The topological polar surface area (TPSA) is 35.5 Å². The number of para-hydroxylation sites is 1. The molecule has 3 nitrogen and oxygen atoms in total. The molecule has 0 radical (unpaired) electrons. The maximum Gasteiger partial charge on any atom is 0.196 e. The first-order valence-electron chi connectivity index (χ1n) is 8.47. The Bertz CT molecular complexity index is 956. The second-order valence-electron chi connectivity index (χ2n) is 6.11. The summed E-state index contributed by atoms with van der Waals surface area (Å²) in [6, 6.07) is 24.8. The molecule has 0 aromatic heterocycles. The van der Waals surface area contributed by atoms with Gasteiger partial charge in [-0.05, 0) is 41.5 Å². The first-order valence-corrected chi connectivity index (χ1v) is 8.47. The second kappa shape index (κ2) is 6.89. The zero-order chi connectivity index (χ0) is 17.9. The van der Waals surface area contributed by atoms with Crippen molar-refractivity contribution in [3.05, 3.63) is 101 Å². The SMILES string of the molecule is COc1ccc(/C=C2/C(=O)c3ccccc3OC2c2ccccc2)cc1. The molecule has 0 saturated heterocycles. The van der Waals surface area contributed by atoms with Crippen LogP contribution in [0.5, 0.6) is 11.5 Å². The van der Waals surface area contributed by atoms with Crippen LogP contribution < -0.4 is 9.47 Å². The monoisotopic (exact) mass is 342 g/mol. The molecule has 1 atom stereocenters. The molecule has 1 unspecified atom stereocenters. The van der Waals surface area contributed by atoms with Crippen molar-refractivity contribution >= 4 is 11.9 Å². The Morgan fingerprint density at radius 3 is 2.31 bits per heavy atom. The highest BCUT2D eigenvalue weighted by Gasteiger charge is 2.32. The Kier molecular flexibility index (Phi) is 4.28. The molecule has 3 heteroatoms. The van der Waals surface area contributed by atoms with Gasteiger partial charge in [0.25, 0.3) is 0 Å². The maximum absolute atomic E-state index is 13.2. The highest BCUT2D eigenvalue weighted by atomic mass is 16.5. The normalized spacial score (nSPS) is 17.5. The number of benzene rings is 3. The molecule has 0 amide bonds. The van der Waals surface area contributed by atoms with Crippen LogP contribution in [-0.4, -0.2) is 12.9 Å². The van der Waals surface area contributed by atoms with E-state index in [2.05, 4.69) is 0 Å². The van der Waals surface area contributed by atoms with Crippen LogP contribution in [0.1, 0.15) is 27.6 Å². The molecule has 1 aliphatic heterocycles. The van der Waals surface area contributed by atoms with Crippen molar-refractivity contribution in [3.63, 3.8) is 0 Å². The molecular weight excluding hydrogens is 324 g/mol. The van der Waals surface area contributed by atoms with Gasteiger partial charge in [-0.15, -0.1) is 0 Å². The van der Waals surface area contributed by atoms with Gasteiger partial charge >= 0.3 is 0 Å². The van der Waals surface area contributed by atoms with E-state index in [1.54, 1.807) is 13.2 Å². The lowest BCUT2D eigenvalue weighted by molar-refractivity contribution is 0.0963. The van der Waals surface area contributed by atoms with Gasteiger partial charge in [0, 0.05) is 5.57 Å². The lowest BCUT2D eigenvalue weighted by Crippen LogP contribution is -2.23. The largest absolute Gasteiger partial charge is 0.497 e. The van der Waals surface area contributed by atoms with Gasteiger partial charge in [0.05, 0.1) is 12.7 Å². The van der Waals surface area contributed by atoms with Crippen LogP contribution in [0.4, 0.5) is 0 Å². The van der Waals surface area contributed by atoms with Gasteiger partial charge in [-0.2, -0.15) is 0 Å². The smallest absolute Gasteiger partial charge is 0.196 e. The second-order valence-corrected chi connectivity index (χ2v) is 6.11. The molecular formula is C23H18O3. The summed E-state index contributed by atoms with van der Waals surface area (Å²) >= 11 is 0. The molecule has 0 N–H and O–H groups in total. The van der Waals surface area contributed by atoms with Crippen LogP contribution in [0.2, 0.25) is 0 Å². The van der Waals surface area contributed by atoms with E-state index in [9.17, 15) is 4.79 Å². The van der Waals surface area contributed by atoms with Gasteiger partial charge in [-0.25, -0.2) is 0 Å². The van der Waals surface area contributed by atoms with Gasteiger partial charge in [-0.1, -0.05) is 54.6 Å². The number of ether oxygens (including phenoxy) is 2. The van der Waals surface area contributed by atoms with Crippen LogP contribution in [0, 0.1) is 0 Å². The summed E-state index contributed by atoms with van der Waals surface area (Å²) in [5.74, 6) is 1.40. The number of carbonyl (C=O) groups is 1. The molecule has 0 saturated carbocycles. The van der Waals surface area contributed by atoms with Crippen LogP contribution in [-0.2, 0) is 0 Å². The average molecular weight is 342 g/mol. The van der Waals surface area contributed by atoms with E-state index in [0.717, 1.165) is 16.9 Å². The summed E-state index contributed by atoms with van der Waals surface area (Å²) < 4.78 is 11.4. The first-order chi connectivity index (χ1) is 12.8. The molecule has 26 heavy (non-hydrogen) atoms. The molecule has 1 aliphatic rings. The molecule has 4 rings (SSSR count). The van der Waals surface area contributed by atoms with Crippen molar-refractivity contribution in [2.75, 3.05) is 7.11 Å². The standard InChI is InChI=1S/C23H18O3/c1-25-18-13-11-16(12-14-18)15-20-22(24)19-9-5-6-10-21(19)26-23(20)17-7-3-2-4-8-17/h2-15,23H,1H3/b20-15-. The van der Waals surface area contributed by atoms with Crippen LogP contribution in [0.3, 0.4) is 0 Å². The fraction of sp³-hybridized carbons (Fsp3) is 0.0870. The summed E-state index contributed by atoms with van der Waals surface area (Å²) in [5, 5.41) is 0. The number of hydrogen-bond donors (Lipinski definition) is 0. The molecule has 1 heterocycles. The summed E-state index contributed by atoms with van der Waals surface area (Å²) in [4.78, 5) is 13.2. The number of methoxy groups -OCH3 is 1. The van der Waals surface area contributed by atoms with E-state index in [1.165, 1.54) is 0 Å². The van der Waals surface area contributed by atoms with Crippen molar-refractivity contribution in [3.8, 4) is 11.5 Å². The minimum Gasteiger partial charge on any atom is -0.497 e. The Labute approximate surface area is 152 Å². The molecule has 0 aliphatic carbocycles. The van der Waals surface area contributed by atoms with Crippen molar-refractivity contribution in [1.29, 1.82) is 0 Å². The molecule has 0 spiro atoms. The minimum atomic E-state index is -0.430. The average Bonchev–Trinajstić information content (AvgIpc) is 2.71. The number of ketones is 1. The van der Waals surface area contributed by atoms with Gasteiger partial charge in [0.2, 0.25) is 0 Å². The van der Waals surface area contributed by atoms with Crippen molar-refractivity contribution in [2.24, 2.45) is 0 Å². The Hall–Kier alpha value is -3.33. The quantitative estimate of drug-likeness (QED) is 0.622. The summed E-state index contributed by atoms with van der Waals surface area (Å²) in [6.07, 6.45) is 1.47. The van der Waals surface area contributed by atoms with Gasteiger partial charge in [-0.3, -0.25) is 4.79 Å².